The minimum Gasteiger partial charge on any atom is -0.462 e. The summed E-state index contributed by atoms with van der Waals surface area (Å²) in [4.78, 5) is 11.9. The molecule has 3 heteroatoms. The topological polar surface area (TPSA) is 35.5 Å². The molecule has 0 N–H and O–H groups in total. The molecule has 0 aromatic carbocycles. The number of carbonyl (C=O) groups is 1. The third-order valence-electron chi connectivity index (χ3n) is 3.66. The quantitative estimate of drug-likeness (QED) is 0.694. The summed E-state index contributed by atoms with van der Waals surface area (Å²) in [7, 11) is 1.75. The van der Waals surface area contributed by atoms with E-state index in [2.05, 4.69) is 0 Å². The van der Waals surface area contributed by atoms with Crippen LogP contribution in [0, 0.1) is 5.41 Å². The van der Waals surface area contributed by atoms with Crippen molar-refractivity contribution in [1.29, 1.82) is 0 Å². The molecule has 94 valence electrons. The normalized spacial score (nSPS) is 26.5. The van der Waals surface area contributed by atoms with Crippen molar-refractivity contribution in [3.8, 4) is 0 Å². The maximum atomic E-state index is 11.9. The number of hydrogen-bond donors (Lipinski definition) is 0. The lowest BCUT2D eigenvalue weighted by molar-refractivity contribution is -0.162. The number of carbonyl (C=O) groups excluding carboxylic acids is 1. The van der Waals surface area contributed by atoms with Crippen molar-refractivity contribution in [2.24, 2.45) is 5.41 Å². The Hall–Kier alpha value is -0.570. The van der Waals surface area contributed by atoms with E-state index in [0.29, 0.717) is 6.10 Å². The Labute approximate surface area is 98.5 Å². The molecule has 1 fully saturated rings. The molecule has 0 unspecified atom stereocenters. The molecule has 1 saturated carbocycles. The first-order valence-electron chi connectivity index (χ1n) is 6.23. The Bertz CT molecular complexity index is 227. The van der Waals surface area contributed by atoms with Crippen LogP contribution in [-0.2, 0) is 14.3 Å². The molecule has 0 aliphatic heterocycles. The van der Waals surface area contributed by atoms with Crippen LogP contribution >= 0.6 is 0 Å². The van der Waals surface area contributed by atoms with Crippen LogP contribution in [0.15, 0.2) is 0 Å². The smallest absolute Gasteiger partial charge is 0.311 e. The van der Waals surface area contributed by atoms with Crippen molar-refractivity contribution < 1.29 is 14.3 Å². The fourth-order valence-electron chi connectivity index (χ4n) is 1.84. The number of ether oxygens (including phenoxy) is 2. The molecule has 0 heterocycles. The van der Waals surface area contributed by atoms with Gasteiger partial charge in [0.05, 0.1) is 11.5 Å². The molecule has 16 heavy (non-hydrogen) atoms. The number of rotatable bonds is 4. The summed E-state index contributed by atoms with van der Waals surface area (Å²) in [6, 6.07) is 0. The molecule has 0 aromatic heterocycles. The van der Waals surface area contributed by atoms with Gasteiger partial charge >= 0.3 is 5.97 Å². The van der Waals surface area contributed by atoms with Crippen LogP contribution in [-0.4, -0.2) is 25.3 Å². The van der Waals surface area contributed by atoms with Gasteiger partial charge in [0.25, 0.3) is 0 Å². The molecule has 0 spiro atoms. The van der Waals surface area contributed by atoms with Crippen molar-refractivity contribution in [1.82, 2.24) is 0 Å². The largest absolute Gasteiger partial charge is 0.462 e. The standard InChI is InChI=1S/C13H24O3/c1-5-13(2,3)12(14)16-11-8-6-10(15-4)7-9-11/h10-11H,5-9H2,1-4H3. The van der Waals surface area contributed by atoms with Crippen LogP contribution in [0.5, 0.6) is 0 Å². The third kappa shape index (κ3) is 3.48. The van der Waals surface area contributed by atoms with Crippen molar-refractivity contribution in [2.45, 2.75) is 65.1 Å². The molecule has 3 nitrogen and oxygen atoms in total. The molecule has 0 saturated heterocycles. The number of hydrogen-bond acceptors (Lipinski definition) is 3. The van der Waals surface area contributed by atoms with E-state index in [-0.39, 0.29) is 17.5 Å². The maximum absolute atomic E-state index is 11.9. The summed E-state index contributed by atoms with van der Waals surface area (Å²) < 4.78 is 10.8. The maximum Gasteiger partial charge on any atom is 0.311 e. The van der Waals surface area contributed by atoms with Crippen molar-refractivity contribution in [2.75, 3.05) is 7.11 Å². The lowest BCUT2D eigenvalue weighted by Crippen LogP contribution is -2.33. The van der Waals surface area contributed by atoms with Crippen LogP contribution < -0.4 is 0 Å². The highest BCUT2D eigenvalue weighted by Crippen LogP contribution is 2.27. The lowest BCUT2D eigenvalue weighted by atomic mass is 9.90. The van der Waals surface area contributed by atoms with Gasteiger partial charge in [0.2, 0.25) is 0 Å². The van der Waals surface area contributed by atoms with Crippen LogP contribution in [0.4, 0.5) is 0 Å². The fourth-order valence-corrected chi connectivity index (χ4v) is 1.84. The Morgan fingerprint density at radius 1 is 1.19 bits per heavy atom. The minimum atomic E-state index is -0.349. The fraction of sp³-hybridized carbons (Fsp3) is 0.923. The highest BCUT2D eigenvalue weighted by molar-refractivity contribution is 5.75. The van der Waals surface area contributed by atoms with Gasteiger partial charge < -0.3 is 9.47 Å². The average molecular weight is 228 g/mol. The Kier molecular flexibility index (Phi) is 4.78. The summed E-state index contributed by atoms with van der Waals surface area (Å²) in [5.74, 6) is -0.0594. The highest BCUT2D eigenvalue weighted by Gasteiger charge is 2.31. The lowest BCUT2D eigenvalue weighted by Gasteiger charge is -2.30. The van der Waals surface area contributed by atoms with Gasteiger partial charge in [0.1, 0.15) is 6.10 Å². The van der Waals surface area contributed by atoms with Gasteiger partial charge in [-0.2, -0.15) is 0 Å². The van der Waals surface area contributed by atoms with Gasteiger partial charge in [0, 0.05) is 7.11 Å². The Morgan fingerprint density at radius 3 is 2.12 bits per heavy atom. The summed E-state index contributed by atoms with van der Waals surface area (Å²) in [5, 5.41) is 0. The third-order valence-corrected chi connectivity index (χ3v) is 3.66. The van der Waals surface area contributed by atoms with E-state index in [9.17, 15) is 4.79 Å². The second kappa shape index (κ2) is 5.67. The van der Waals surface area contributed by atoms with E-state index in [1.807, 2.05) is 20.8 Å². The summed E-state index contributed by atoms with van der Waals surface area (Å²) in [6.07, 6.45) is 5.15. The van der Waals surface area contributed by atoms with Crippen LogP contribution in [0.3, 0.4) is 0 Å². The minimum absolute atomic E-state index is 0.0594. The second-order valence-electron chi connectivity index (χ2n) is 5.28. The first-order valence-corrected chi connectivity index (χ1v) is 6.23. The summed E-state index contributed by atoms with van der Waals surface area (Å²) >= 11 is 0. The zero-order chi connectivity index (χ0) is 12.2. The van der Waals surface area contributed by atoms with Crippen LogP contribution in [0.1, 0.15) is 52.9 Å². The zero-order valence-electron chi connectivity index (χ0n) is 10.9. The first kappa shape index (κ1) is 13.5. The molecule has 0 amide bonds. The van der Waals surface area contributed by atoms with E-state index < -0.39 is 0 Å². The van der Waals surface area contributed by atoms with Crippen molar-refractivity contribution in [3.63, 3.8) is 0 Å². The van der Waals surface area contributed by atoms with Gasteiger partial charge in [-0.3, -0.25) is 4.79 Å². The molecule has 0 bridgehead atoms. The van der Waals surface area contributed by atoms with Crippen molar-refractivity contribution in [3.05, 3.63) is 0 Å². The second-order valence-corrected chi connectivity index (χ2v) is 5.28. The van der Waals surface area contributed by atoms with Crippen LogP contribution in [0.25, 0.3) is 0 Å². The molecule has 1 rings (SSSR count). The predicted molar refractivity (Wildman–Crippen MR) is 63.2 cm³/mol. The van der Waals surface area contributed by atoms with Gasteiger partial charge in [0.15, 0.2) is 0 Å². The SMILES string of the molecule is CCC(C)(C)C(=O)OC1CCC(OC)CC1. The predicted octanol–water partition coefficient (Wildman–Crippen LogP) is 2.92. The van der Waals surface area contributed by atoms with E-state index in [4.69, 9.17) is 9.47 Å². The Morgan fingerprint density at radius 2 is 1.69 bits per heavy atom. The number of methoxy groups -OCH3 is 1. The first-order chi connectivity index (χ1) is 7.49. The van der Waals surface area contributed by atoms with E-state index in [1.54, 1.807) is 7.11 Å². The molecule has 1 aliphatic rings. The molecule has 1 aliphatic carbocycles. The molecular formula is C13H24O3. The molecule has 0 aromatic rings. The molecule has 0 radical (unpaired) electrons. The van der Waals surface area contributed by atoms with Gasteiger partial charge in [-0.05, 0) is 46.0 Å². The van der Waals surface area contributed by atoms with E-state index in [1.165, 1.54) is 0 Å². The van der Waals surface area contributed by atoms with E-state index in [0.717, 1.165) is 32.1 Å². The van der Waals surface area contributed by atoms with E-state index >= 15 is 0 Å². The molecule has 0 atom stereocenters. The summed E-state index contributed by atoms with van der Waals surface area (Å²) in [6.45, 7) is 5.90. The molecular weight excluding hydrogens is 204 g/mol. The average Bonchev–Trinajstić information content (AvgIpc) is 2.30. The van der Waals surface area contributed by atoms with Crippen LogP contribution in [0.2, 0.25) is 0 Å². The van der Waals surface area contributed by atoms with Gasteiger partial charge in [-0.15, -0.1) is 0 Å². The highest BCUT2D eigenvalue weighted by atomic mass is 16.5. The monoisotopic (exact) mass is 228 g/mol. The van der Waals surface area contributed by atoms with Gasteiger partial charge in [-0.25, -0.2) is 0 Å². The zero-order valence-corrected chi connectivity index (χ0v) is 10.9. The van der Waals surface area contributed by atoms with Crippen molar-refractivity contribution >= 4 is 5.97 Å². The van der Waals surface area contributed by atoms with Gasteiger partial charge in [-0.1, -0.05) is 6.92 Å². The Balaban J connectivity index is 2.36. The number of esters is 1. The summed E-state index contributed by atoms with van der Waals surface area (Å²) in [5.41, 5.74) is -0.349.